The molecule has 1 atom stereocenters. The van der Waals surface area contributed by atoms with E-state index < -0.39 is 12.1 Å². The van der Waals surface area contributed by atoms with Crippen molar-refractivity contribution in [2.45, 2.75) is 18.9 Å². The Morgan fingerprint density at radius 3 is 2.75 bits per heavy atom. The van der Waals surface area contributed by atoms with Crippen molar-refractivity contribution in [1.29, 1.82) is 0 Å². The van der Waals surface area contributed by atoms with E-state index in [1.165, 1.54) is 12.1 Å². The lowest BCUT2D eigenvalue weighted by atomic mass is 10.0. The quantitative estimate of drug-likeness (QED) is 0.499. The fourth-order valence-corrected chi connectivity index (χ4v) is 1.38. The Morgan fingerprint density at radius 1 is 1.50 bits per heavy atom. The molecule has 0 radical (unpaired) electrons. The standard InChI is InChI=1S/C11H13NO4/c12-9-4-3-7(2-1-5-13)6-8(9)10(14)11(15)16/h3-6,10,14H,1-2,12H2,(H,15,16). The van der Waals surface area contributed by atoms with Crippen molar-refractivity contribution < 1.29 is 19.8 Å². The summed E-state index contributed by atoms with van der Waals surface area (Å²) >= 11 is 0. The Bertz CT molecular complexity index is 403. The number of carbonyl (C=O) groups is 2. The maximum atomic E-state index is 10.6. The summed E-state index contributed by atoms with van der Waals surface area (Å²) in [5, 5.41) is 18.0. The van der Waals surface area contributed by atoms with Crippen LogP contribution in [0.5, 0.6) is 0 Å². The van der Waals surface area contributed by atoms with E-state index in [1.807, 2.05) is 0 Å². The zero-order valence-electron chi connectivity index (χ0n) is 8.59. The third-order valence-corrected chi connectivity index (χ3v) is 2.23. The molecule has 1 unspecified atom stereocenters. The number of rotatable bonds is 5. The van der Waals surface area contributed by atoms with Gasteiger partial charge in [-0.05, 0) is 18.1 Å². The molecule has 5 heteroatoms. The molecule has 0 aliphatic rings. The van der Waals surface area contributed by atoms with E-state index in [4.69, 9.17) is 10.8 Å². The molecule has 0 saturated carbocycles. The molecular formula is C11H13NO4. The lowest BCUT2D eigenvalue weighted by Gasteiger charge is -2.10. The van der Waals surface area contributed by atoms with E-state index >= 15 is 0 Å². The lowest BCUT2D eigenvalue weighted by Crippen LogP contribution is -2.13. The summed E-state index contributed by atoms with van der Waals surface area (Å²) in [5.41, 5.74) is 6.73. The van der Waals surface area contributed by atoms with E-state index in [0.29, 0.717) is 12.8 Å². The number of hydrogen-bond donors (Lipinski definition) is 3. The Hall–Kier alpha value is -1.88. The predicted octanol–water partition coefficient (Wildman–Crippen LogP) is 0.518. The first kappa shape index (κ1) is 12.2. The average Bonchev–Trinajstić information content (AvgIpc) is 2.27. The first-order valence-electron chi connectivity index (χ1n) is 4.79. The highest BCUT2D eigenvalue weighted by molar-refractivity contribution is 5.76. The molecule has 5 nitrogen and oxygen atoms in total. The number of aliphatic hydroxyl groups excluding tert-OH is 1. The minimum atomic E-state index is -1.63. The molecule has 86 valence electrons. The summed E-state index contributed by atoms with van der Waals surface area (Å²) in [5.74, 6) is -1.35. The number of carboxylic acids is 1. The minimum Gasteiger partial charge on any atom is -0.479 e. The van der Waals surface area contributed by atoms with Gasteiger partial charge in [0, 0.05) is 17.7 Å². The van der Waals surface area contributed by atoms with Gasteiger partial charge in [0.2, 0.25) is 0 Å². The molecule has 0 aliphatic heterocycles. The monoisotopic (exact) mass is 223 g/mol. The summed E-state index contributed by atoms with van der Waals surface area (Å²) in [4.78, 5) is 20.8. The second kappa shape index (κ2) is 5.27. The van der Waals surface area contributed by atoms with Gasteiger partial charge in [0.15, 0.2) is 6.10 Å². The van der Waals surface area contributed by atoms with Crippen molar-refractivity contribution >= 4 is 17.9 Å². The van der Waals surface area contributed by atoms with Crippen LogP contribution in [0.4, 0.5) is 5.69 Å². The fraction of sp³-hybridized carbons (Fsp3) is 0.273. The van der Waals surface area contributed by atoms with Crippen molar-refractivity contribution in [3.63, 3.8) is 0 Å². The molecular weight excluding hydrogens is 210 g/mol. The van der Waals surface area contributed by atoms with Crippen LogP contribution in [0.15, 0.2) is 18.2 Å². The molecule has 0 spiro atoms. The Balaban J connectivity index is 2.98. The first-order valence-corrected chi connectivity index (χ1v) is 4.79. The fourth-order valence-electron chi connectivity index (χ4n) is 1.38. The SMILES string of the molecule is Nc1ccc(CCC=O)cc1C(O)C(=O)O. The molecule has 1 aromatic carbocycles. The molecule has 16 heavy (non-hydrogen) atoms. The van der Waals surface area contributed by atoms with Gasteiger partial charge in [-0.25, -0.2) is 4.79 Å². The average molecular weight is 223 g/mol. The molecule has 1 aromatic rings. The highest BCUT2D eigenvalue weighted by Gasteiger charge is 2.18. The number of aliphatic carboxylic acids is 1. The molecule has 0 saturated heterocycles. The van der Waals surface area contributed by atoms with Crippen molar-refractivity contribution in [3.8, 4) is 0 Å². The van der Waals surface area contributed by atoms with Gasteiger partial charge in [0.1, 0.15) is 6.29 Å². The topological polar surface area (TPSA) is 101 Å². The Morgan fingerprint density at radius 2 is 2.19 bits per heavy atom. The summed E-state index contributed by atoms with van der Waals surface area (Å²) in [6, 6.07) is 4.75. The van der Waals surface area contributed by atoms with E-state index in [1.54, 1.807) is 6.07 Å². The van der Waals surface area contributed by atoms with E-state index in [9.17, 15) is 14.7 Å². The number of hydrogen-bond acceptors (Lipinski definition) is 4. The lowest BCUT2D eigenvalue weighted by molar-refractivity contribution is -0.146. The number of carboxylic acid groups (broad SMARTS) is 1. The number of aldehydes is 1. The maximum absolute atomic E-state index is 10.6. The normalized spacial score (nSPS) is 12.1. The molecule has 0 amide bonds. The van der Waals surface area contributed by atoms with Crippen molar-refractivity contribution in [1.82, 2.24) is 0 Å². The van der Waals surface area contributed by atoms with Gasteiger partial charge in [0.05, 0.1) is 0 Å². The van der Waals surface area contributed by atoms with Crippen LogP contribution in [0.25, 0.3) is 0 Å². The summed E-state index contributed by atoms with van der Waals surface area (Å²) in [6.45, 7) is 0. The van der Waals surface area contributed by atoms with Gasteiger partial charge in [-0.15, -0.1) is 0 Å². The minimum absolute atomic E-state index is 0.163. The number of benzene rings is 1. The zero-order chi connectivity index (χ0) is 12.1. The molecule has 1 rings (SSSR count). The van der Waals surface area contributed by atoms with Gasteiger partial charge in [-0.2, -0.15) is 0 Å². The number of nitrogen functional groups attached to an aromatic ring is 1. The van der Waals surface area contributed by atoms with Crippen molar-refractivity contribution in [3.05, 3.63) is 29.3 Å². The summed E-state index contributed by atoms with van der Waals surface area (Å²) < 4.78 is 0. The Labute approximate surface area is 92.5 Å². The van der Waals surface area contributed by atoms with Crippen LogP contribution < -0.4 is 5.73 Å². The van der Waals surface area contributed by atoms with Crippen LogP contribution >= 0.6 is 0 Å². The number of aliphatic hydroxyl groups is 1. The molecule has 4 N–H and O–H groups in total. The van der Waals surface area contributed by atoms with Crippen LogP contribution in [0.1, 0.15) is 23.7 Å². The van der Waals surface area contributed by atoms with Crippen LogP contribution in [-0.4, -0.2) is 22.5 Å². The third-order valence-electron chi connectivity index (χ3n) is 2.23. The van der Waals surface area contributed by atoms with Crippen LogP contribution in [0.3, 0.4) is 0 Å². The maximum Gasteiger partial charge on any atom is 0.337 e. The second-order valence-corrected chi connectivity index (χ2v) is 3.41. The summed E-state index contributed by atoms with van der Waals surface area (Å²) in [6.07, 6.45) is 0.00966. The number of nitrogens with two attached hydrogens (primary N) is 1. The molecule has 0 aromatic heterocycles. The zero-order valence-corrected chi connectivity index (χ0v) is 8.59. The van der Waals surface area contributed by atoms with Crippen LogP contribution in [-0.2, 0) is 16.0 Å². The number of aryl methyl sites for hydroxylation is 1. The molecule has 0 aliphatic carbocycles. The first-order chi connectivity index (χ1) is 7.56. The van der Waals surface area contributed by atoms with E-state index in [0.717, 1.165) is 11.8 Å². The largest absolute Gasteiger partial charge is 0.479 e. The predicted molar refractivity (Wildman–Crippen MR) is 57.8 cm³/mol. The van der Waals surface area contributed by atoms with Crippen LogP contribution in [0.2, 0.25) is 0 Å². The van der Waals surface area contributed by atoms with Gasteiger partial charge in [0.25, 0.3) is 0 Å². The van der Waals surface area contributed by atoms with Gasteiger partial charge in [-0.1, -0.05) is 12.1 Å². The smallest absolute Gasteiger partial charge is 0.337 e. The third kappa shape index (κ3) is 2.80. The van der Waals surface area contributed by atoms with Crippen LogP contribution in [0, 0.1) is 0 Å². The van der Waals surface area contributed by atoms with Crippen molar-refractivity contribution in [2.24, 2.45) is 0 Å². The van der Waals surface area contributed by atoms with E-state index in [2.05, 4.69) is 0 Å². The number of anilines is 1. The number of carbonyl (C=O) groups excluding carboxylic acids is 1. The van der Waals surface area contributed by atoms with Crippen molar-refractivity contribution in [2.75, 3.05) is 5.73 Å². The van der Waals surface area contributed by atoms with Gasteiger partial charge >= 0.3 is 5.97 Å². The summed E-state index contributed by atoms with van der Waals surface area (Å²) in [7, 11) is 0. The highest BCUT2D eigenvalue weighted by atomic mass is 16.4. The molecule has 0 bridgehead atoms. The molecule has 0 heterocycles. The second-order valence-electron chi connectivity index (χ2n) is 3.41. The highest BCUT2D eigenvalue weighted by Crippen LogP contribution is 2.22. The van der Waals surface area contributed by atoms with E-state index in [-0.39, 0.29) is 11.3 Å². The van der Waals surface area contributed by atoms with Gasteiger partial charge in [-0.3, -0.25) is 0 Å². The molecule has 0 fully saturated rings. The Kier molecular flexibility index (Phi) is 4.02. The van der Waals surface area contributed by atoms with Gasteiger partial charge < -0.3 is 20.7 Å².